The number of ether oxygens (including phenoxy) is 2. The number of aldehydes is 1. The van der Waals surface area contributed by atoms with E-state index in [0.29, 0.717) is 48.2 Å². The second kappa shape index (κ2) is 18.6. The van der Waals surface area contributed by atoms with Crippen LogP contribution in [-0.2, 0) is 29.0 Å². The maximum atomic E-state index is 12.4. The number of aromatic nitrogens is 3. The number of unbranched alkanes of at least 4 members (excludes halogenated alkanes) is 2. The van der Waals surface area contributed by atoms with Crippen LogP contribution in [0.25, 0.3) is 0 Å². The smallest absolute Gasteiger partial charge is 0.315 e. The highest BCUT2D eigenvalue weighted by Crippen LogP contribution is 2.33. The number of fused-ring (bicyclic) bond motifs is 1. The fourth-order valence-electron chi connectivity index (χ4n) is 5.67. The molecule has 3 atom stereocenters. The van der Waals surface area contributed by atoms with Crippen molar-refractivity contribution in [2.24, 2.45) is 0 Å². The molecule has 3 aromatic rings. The third-order valence-electron chi connectivity index (χ3n) is 8.29. The maximum absolute atomic E-state index is 12.4. The van der Waals surface area contributed by atoms with E-state index in [1.54, 1.807) is 30.5 Å². The third-order valence-corrected chi connectivity index (χ3v) is 9.80. The highest BCUT2D eigenvalue weighted by Gasteiger charge is 2.42. The Morgan fingerprint density at radius 3 is 2.39 bits per heavy atom. The number of hydrogen-bond donors (Lipinski definition) is 4. The largest absolute Gasteiger partial charge is 0.462 e. The molecule has 4 amide bonds. The summed E-state index contributed by atoms with van der Waals surface area (Å²) >= 11 is 1.90. The van der Waals surface area contributed by atoms with Crippen LogP contribution in [-0.4, -0.2) is 75.3 Å². The number of carbonyl (C=O) groups excluding carboxylic acids is 4. The van der Waals surface area contributed by atoms with Crippen molar-refractivity contribution in [3.05, 3.63) is 84.1 Å². The lowest BCUT2D eigenvalue weighted by Gasteiger charge is -2.16. The van der Waals surface area contributed by atoms with Gasteiger partial charge in [0.1, 0.15) is 36.9 Å². The van der Waals surface area contributed by atoms with Crippen molar-refractivity contribution in [3.63, 3.8) is 0 Å². The molecule has 2 saturated heterocycles. The van der Waals surface area contributed by atoms with E-state index >= 15 is 0 Å². The zero-order valence-corrected chi connectivity index (χ0v) is 28.2. The fraction of sp³-hybridized carbons (Fsp3) is 0.429. The maximum Gasteiger partial charge on any atom is 0.315 e. The van der Waals surface area contributed by atoms with Crippen molar-refractivity contribution >= 4 is 35.9 Å². The Balaban J connectivity index is 0.867. The Bertz CT molecular complexity index is 1560. The van der Waals surface area contributed by atoms with E-state index in [2.05, 4.69) is 31.6 Å². The van der Waals surface area contributed by atoms with Crippen LogP contribution in [0.3, 0.4) is 0 Å². The molecule has 2 aliphatic rings. The molecule has 1 aromatic heterocycles. The van der Waals surface area contributed by atoms with Crippen LogP contribution < -0.4 is 30.7 Å². The van der Waals surface area contributed by atoms with Gasteiger partial charge in [-0.3, -0.25) is 14.4 Å². The fourth-order valence-corrected chi connectivity index (χ4v) is 7.22. The van der Waals surface area contributed by atoms with Crippen LogP contribution in [0.2, 0.25) is 0 Å². The summed E-state index contributed by atoms with van der Waals surface area (Å²) in [6.07, 6.45) is 11.9. The van der Waals surface area contributed by atoms with Gasteiger partial charge in [0.05, 0.1) is 17.8 Å². The first-order valence-corrected chi connectivity index (χ1v) is 17.7. The van der Waals surface area contributed by atoms with Crippen molar-refractivity contribution < 1.29 is 28.7 Å². The number of hydrogen-bond acceptors (Lipinski definition) is 9. The molecule has 0 radical (unpaired) electrons. The van der Waals surface area contributed by atoms with E-state index in [1.807, 2.05) is 36.0 Å². The number of carbonyl (C=O) groups is 4. The zero-order chi connectivity index (χ0) is 34.3. The Hall–Kier alpha value is -4.85. The van der Waals surface area contributed by atoms with Crippen LogP contribution in [0.4, 0.5) is 4.79 Å². The number of benzene rings is 2. The molecule has 3 heterocycles. The quantitative estimate of drug-likeness (QED) is 0.0601. The first-order chi connectivity index (χ1) is 23.9. The summed E-state index contributed by atoms with van der Waals surface area (Å²) in [5.41, 5.74) is 2.45. The van der Waals surface area contributed by atoms with Crippen LogP contribution in [0.1, 0.15) is 60.1 Å². The lowest BCUT2D eigenvalue weighted by Crippen LogP contribution is -2.36. The molecule has 2 fully saturated rings. The summed E-state index contributed by atoms with van der Waals surface area (Å²) in [5, 5.41) is 20.6. The topological polar surface area (TPSA) is 166 Å². The summed E-state index contributed by atoms with van der Waals surface area (Å²) in [4.78, 5) is 46.8. The molecule has 0 bridgehead atoms. The lowest BCUT2D eigenvalue weighted by molar-refractivity contribution is -0.122. The highest BCUT2D eigenvalue weighted by atomic mass is 32.2. The van der Waals surface area contributed by atoms with E-state index in [1.165, 1.54) is 17.2 Å². The van der Waals surface area contributed by atoms with Gasteiger partial charge in [-0.2, -0.15) is 11.8 Å². The Kier molecular flexibility index (Phi) is 13.5. The van der Waals surface area contributed by atoms with Gasteiger partial charge in [0.2, 0.25) is 11.8 Å². The average Bonchev–Trinajstić information content (AvgIpc) is 3.82. The van der Waals surface area contributed by atoms with Gasteiger partial charge < -0.3 is 30.7 Å². The average molecular weight is 690 g/mol. The Morgan fingerprint density at radius 1 is 0.898 bits per heavy atom. The highest BCUT2D eigenvalue weighted by molar-refractivity contribution is 8.00. The second-order valence-electron chi connectivity index (χ2n) is 12.0. The first-order valence-electron chi connectivity index (χ1n) is 16.7. The third kappa shape index (κ3) is 11.7. The molecule has 0 aliphatic carbocycles. The zero-order valence-electron chi connectivity index (χ0n) is 27.3. The van der Waals surface area contributed by atoms with Gasteiger partial charge in [-0.05, 0) is 80.5 Å². The Morgan fingerprint density at radius 2 is 1.63 bits per heavy atom. The Labute approximate surface area is 289 Å². The summed E-state index contributed by atoms with van der Waals surface area (Å²) in [6.45, 7) is 1.20. The molecule has 4 N–H and O–H groups in total. The standard InChI is InChI=1S/C35H43N7O6S/c43-23-26-10-14-29(15-11-26)48-20-19-47-28-12-8-25(9-13-28)16-18-37-33(45)22-42-21-27(40-41-42)5-3-4-17-36-32(44)7-2-1-6-31-34-30(24-49-31)38-35(46)39-34/h8-15,19-21,23,30-31,34H,1-7,16-18,22,24H2,(H,36,44)(H,37,45)(H2,38,39,46). The lowest BCUT2D eigenvalue weighted by atomic mass is 10.0. The van der Waals surface area contributed by atoms with Gasteiger partial charge in [-0.1, -0.05) is 23.8 Å². The molecule has 3 unspecified atom stereocenters. The van der Waals surface area contributed by atoms with Crippen molar-refractivity contribution in [1.29, 1.82) is 0 Å². The number of rotatable bonds is 20. The van der Waals surface area contributed by atoms with Gasteiger partial charge in [-0.15, -0.1) is 5.10 Å². The molecule has 5 rings (SSSR count). The van der Waals surface area contributed by atoms with Crippen molar-refractivity contribution in [1.82, 2.24) is 36.3 Å². The molecule has 13 nitrogen and oxygen atoms in total. The number of amides is 4. The van der Waals surface area contributed by atoms with Gasteiger partial charge in [0.15, 0.2) is 0 Å². The molecular formula is C35H43N7O6S. The van der Waals surface area contributed by atoms with Crippen molar-refractivity contribution in [2.45, 2.75) is 75.2 Å². The molecular weight excluding hydrogens is 646 g/mol. The van der Waals surface area contributed by atoms with Crippen LogP contribution in [0, 0.1) is 0 Å². The van der Waals surface area contributed by atoms with Gasteiger partial charge in [0, 0.05) is 42.3 Å². The number of thioether (sulfide) groups is 1. The molecule has 0 saturated carbocycles. The molecule has 0 spiro atoms. The van der Waals surface area contributed by atoms with E-state index in [0.717, 1.165) is 61.8 Å². The predicted octanol–water partition coefficient (Wildman–Crippen LogP) is 3.54. The monoisotopic (exact) mass is 689 g/mol. The summed E-state index contributed by atoms with van der Waals surface area (Å²) in [7, 11) is 0. The van der Waals surface area contributed by atoms with Crippen LogP contribution >= 0.6 is 11.8 Å². The molecule has 260 valence electrons. The summed E-state index contributed by atoms with van der Waals surface area (Å²) in [6, 6.07) is 14.7. The summed E-state index contributed by atoms with van der Waals surface area (Å²) in [5.74, 6) is 2.13. The van der Waals surface area contributed by atoms with E-state index < -0.39 is 0 Å². The van der Waals surface area contributed by atoms with Crippen LogP contribution in [0.5, 0.6) is 11.5 Å². The number of urea groups is 1. The van der Waals surface area contributed by atoms with E-state index in [9.17, 15) is 19.2 Å². The summed E-state index contributed by atoms with van der Waals surface area (Å²) < 4.78 is 12.5. The normalized spacial score (nSPS) is 18.0. The van der Waals surface area contributed by atoms with Crippen molar-refractivity contribution in [2.75, 3.05) is 18.8 Å². The molecule has 2 aromatic carbocycles. The molecule has 49 heavy (non-hydrogen) atoms. The number of aryl methyl sites for hydroxylation is 1. The minimum absolute atomic E-state index is 0.0644. The predicted molar refractivity (Wildman–Crippen MR) is 185 cm³/mol. The molecule has 2 aliphatic heterocycles. The number of nitrogens with one attached hydrogen (secondary N) is 4. The van der Waals surface area contributed by atoms with E-state index in [4.69, 9.17) is 9.47 Å². The first kappa shape index (κ1) is 35.5. The SMILES string of the molecule is O=Cc1ccc(OC=COc2ccc(CCNC(=O)Cn3cc(CCCCNC(=O)CCCCC4SCC5NC(=O)NC54)nn3)cc2)cc1. The van der Waals surface area contributed by atoms with Crippen LogP contribution in [0.15, 0.2) is 67.3 Å². The molecule has 14 heteroatoms. The minimum Gasteiger partial charge on any atom is -0.462 e. The van der Waals surface area contributed by atoms with E-state index in [-0.39, 0.29) is 36.5 Å². The minimum atomic E-state index is -0.140. The van der Waals surface area contributed by atoms with Crippen molar-refractivity contribution in [3.8, 4) is 11.5 Å². The number of nitrogens with zero attached hydrogens (tertiary/aromatic N) is 3. The van der Waals surface area contributed by atoms with Gasteiger partial charge in [0.25, 0.3) is 0 Å². The second-order valence-corrected chi connectivity index (χ2v) is 13.3. The van der Waals surface area contributed by atoms with Gasteiger partial charge >= 0.3 is 6.03 Å². The van der Waals surface area contributed by atoms with Gasteiger partial charge in [-0.25, -0.2) is 9.48 Å².